The molecule has 0 radical (unpaired) electrons. The van der Waals surface area contributed by atoms with Crippen LogP contribution in [0.4, 0.5) is 5.69 Å². The van der Waals surface area contributed by atoms with E-state index in [4.69, 9.17) is 14.2 Å². The number of hydrogen-bond acceptors (Lipinski definition) is 6. The number of thioether (sulfide) groups is 1. The second-order valence-corrected chi connectivity index (χ2v) is 9.48. The van der Waals surface area contributed by atoms with Gasteiger partial charge < -0.3 is 24.4 Å². The number of aryl methyl sites for hydroxylation is 1. The fourth-order valence-electron chi connectivity index (χ4n) is 4.68. The van der Waals surface area contributed by atoms with Gasteiger partial charge in [-0.2, -0.15) is 0 Å². The monoisotopic (exact) mass is 506 g/mol. The highest BCUT2D eigenvalue weighted by Gasteiger charge is 2.43. The summed E-state index contributed by atoms with van der Waals surface area (Å²) in [5.41, 5.74) is 3.40. The van der Waals surface area contributed by atoms with Crippen LogP contribution in [0.3, 0.4) is 0 Å². The number of ether oxygens (including phenoxy) is 3. The third-order valence-corrected chi connectivity index (χ3v) is 7.27. The first kappa shape index (κ1) is 25.4. The smallest absolute Gasteiger partial charge is 0.254 e. The SMILES string of the molecule is COc1ccc(C)cc1NC(=O)C1c2cc(OC)c(OC)cc2C(=O)N(C)C1c1ccc(SC)cc1. The number of hydrogen-bond donors (Lipinski definition) is 1. The van der Waals surface area contributed by atoms with Crippen LogP contribution >= 0.6 is 11.8 Å². The lowest BCUT2D eigenvalue weighted by molar-refractivity contribution is -0.119. The molecule has 3 aromatic carbocycles. The van der Waals surface area contributed by atoms with E-state index in [2.05, 4.69) is 5.32 Å². The zero-order chi connectivity index (χ0) is 26.0. The maximum absolute atomic E-state index is 14.0. The molecule has 8 heteroatoms. The van der Waals surface area contributed by atoms with Gasteiger partial charge in [-0.3, -0.25) is 9.59 Å². The topological polar surface area (TPSA) is 77.1 Å². The molecule has 0 aromatic heterocycles. The Bertz CT molecular complexity index is 1290. The summed E-state index contributed by atoms with van der Waals surface area (Å²) in [5.74, 6) is 0.277. The molecule has 1 heterocycles. The molecule has 1 aliphatic heterocycles. The molecule has 188 valence electrons. The number of methoxy groups -OCH3 is 3. The van der Waals surface area contributed by atoms with E-state index < -0.39 is 12.0 Å². The molecule has 0 aliphatic carbocycles. The van der Waals surface area contributed by atoms with Crippen molar-refractivity contribution in [1.29, 1.82) is 0 Å². The van der Waals surface area contributed by atoms with Crippen LogP contribution in [-0.4, -0.2) is 51.3 Å². The lowest BCUT2D eigenvalue weighted by Gasteiger charge is -2.40. The molecule has 0 spiro atoms. The summed E-state index contributed by atoms with van der Waals surface area (Å²) in [6, 6.07) is 16.4. The fraction of sp³-hybridized carbons (Fsp3) is 0.286. The third kappa shape index (κ3) is 4.60. The number of amides is 2. The van der Waals surface area contributed by atoms with Gasteiger partial charge in [0.1, 0.15) is 5.75 Å². The summed E-state index contributed by atoms with van der Waals surface area (Å²) in [5, 5.41) is 3.06. The molecule has 0 fully saturated rings. The van der Waals surface area contributed by atoms with Gasteiger partial charge in [0.05, 0.1) is 39.0 Å². The van der Waals surface area contributed by atoms with Crippen molar-refractivity contribution in [2.24, 2.45) is 0 Å². The first-order chi connectivity index (χ1) is 17.3. The zero-order valence-electron chi connectivity index (χ0n) is 21.2. The average molecular weight is 507 g/mol. The molecule has 0 saturated heterocycles. The van der Waals surface area contributed by atoms with Crippen LogP contribution in [-0.2, 0) is 4.79 Å². The van der Waals surface area contributed by atoms with Gasteiger partial charge in [-0.05, 0) is 66.3 Å². The van der Waals surface area contributed by atoms with Crippen molar-refractivity contribution in [3.63, 3.8) is 0 Å². The number of anilines is 1. The van der Waals surface area contributed by atoms with Crippen molar-refractivity contribution in [3.05, 3.63) is 76.9 Å². The van der Waals surface area contributed by atoms with E-state index in [0.29, 0.717) is 34.1 Å². The van der Waals surface area contributed by atoms with Crippen LogP contribution in [0.1, 0.15) is 39.0 Å². The predicted octanol–water partition coefficient (Wildman–Crippen LogP) is 5.29. The number of rotatable bonds is 7. The van der Waals surface area contributed by atoms with Gasteiger partial charge in [0.2, 0.25) is 5.91 Å². The van der Waals surface area contributed by atoms with Crippen molar-refractivity contribution in [3.8, 4) is 17.2 Å². The highest BCUT2D eigenvalue weighted by molar-refractivity contribution is 7.98. The van der Waals surface area contributed by atoms with Crippen molar-refractivity contribution in [1.82, 2.24) is 4.90 Å². The maximum Gasteiger partial charge on any atom is 0.254 e. The molecule has 2 atom stereocenters. The summed E-state index contributed by atoms with van der Waals surface area (Å²) in [4.78, 5) is 30.3. The van der Waals surface area contributed by atoms with Gasteiger partial charge in [-0.25, -0.2) is 0 Å². The van der Waals surface area contributed by atoms with E-state index in [0.717, 1.165) is 16.0 Å². The summed E-state index contributed by atoms with van der Waals surface area (Å²) in [7, 11) is 6.34. The molecule has 1 aliphatic rings. The Morgan fingerprint density at radius 3 is 2.17 bits per heavy atom. The molecule has 2 unspecified atom stereocenters. The Morgan fingerprint density at radius 2 is 1.56 bits per heavy atom. The Balaban J connectivity index is 1.89. The highest BCUT2D eigenvalue weighted by atomic mass is 32.2. The summed E-state index contributed by atoms with van der Waals surface area (Å²) in [6.07, 6.45) is 2.01. The molecule has 1 N–H and O–H groups in total. The molecular weight excluding hydrogens is 476 g/mol. The lowest BCUT2D eigenvalue weighted by atomic mass is 9.79. The number of benzene rings is 3. The van der Waals surface area contributed by atoms with E-state index in [-0.39, 0.29) is 11.8 Å². The van der Waals surface area contributed by atoms with E-state index in [1.54, 1.807) is 43.0 Å². The molecule has 0 saturated carbocycles. The van der Waals surface area contributed by atoms with Crippen molar-refractivity contribution in [2.45, 2.75) is 23.8 Å². The number of fused-ring (bicyclic) bond motifs is 1. The normalized spacial score (nSPS) is 16.8. The third-order valence-electron chi connectivity index (χ3n) is 6.53. The van der Waals surface area contributed by atoms with Gasteiger partial charge in [-0.1, -0.05) is 18.2 Å². The van der Waals surface area contributed by atoms with Crippen LogP contribution in [0.2, 0.25) is 0 Å². The number of carbonyl (C=O) groups is 2. The molecule has 7 nitrogen and oxygen atoms in total. The first-order valence-corrected chi connectivity index (χ1v) is 12.7. The van der Waals surface area contributed by atoms with Crippen molar-refractivity contribution >= 4 is 29.3 Å². The molecule has 4 rings (SSSR count). The molecular formula is C28H30N2O5S. The number of nitrogens with zero attached hydrogens (tertiary/aromatic N) is 1. The second-order valence-electron chi connectivity index (χ2n) is 8.60. The van der Waals surface area contributed by atoms with Gasteiger partial charge in [-0.15, -0.1) is 11.8 Å². The average Bonchev–Trinajstić information content (AvgIpc) is 2.90. The van der Waals surface area contributed by atoms with E-state index in [9.17, 15) is 9.59 Å². The summed E-state index contributed by atoms with van der Waals surface area (Å²) < 4.78 is 16.5. The van der Waals surface area contributed by atoms with Crippen LogP contribution < -0.4 is 19.5 Å². The Morgan fingerprint density at radius 1 is 0.917 bits per heavy atom. The van der Waals surface area contributed by atoms with Crippen LogP contribution in [0, 0.1) is 6.92 Å². The van der Waals surface area contributed by atoms with Gasteiger partial charge >= 0.3 is 0 Å². The van der Waals surface area contributed by atoms with E-state index >= 15 is 0 Å². The second kappa shape index (κ2) is 10.5. The van der Waals surface area contributed by atoms with Crippen LogP contribution in [0.15, 0.2) is 59.5 Å². The fourth-order valence-corrected chi connectivity index (χ4v) is 5.09. The van der Waals surface area contributed by atoms with E-state index in [1.165, 1.54) is 14.2 Å². The summed E-state index contributed by atoms with van der Waals surface area (Å²) >= 11 is 1.63. The lowest BCUT2D eigenvalue weighted by Crippen LogP contribution is -2.44. The number of nitrogens with one attached hydrogen (secondary N) is 1. The van der Waals surface area contributed by atoms with Gasteiger partial charge in [0.25, 0.3) is 5.91 Å². The minimum absolute atomic E-state index is 0.193. The number of likely N-dealkylation sites (N-methyl/N-ethyl adjacent to an activating group) is 1. The van der Waals surface area contributed by atoms with Gasteiger partial charge in [0.15, 0.2) is 11.5 Å². The Hall–Kier alpha value is -3.65. The van der Waals surface area contributed by atoms with E-state index in [1.807, 2.05) is 55.6 Å². The molecule has 36 heavy (non-hydrogen) atoms. The Kier molecular flexibility index (Phi) is 7.45. The minimum Gasteiger partial charge on any atom is -0.495 e. The largest absolute Gasteiger partial charge is 0.495 e. The van der Waals surface area contributed by atoms with Crippen LogP contribution in [0.5, 0.6) is 17.2 Å². The minimum atomic E-state index is -0.715. The quantitative estimate of drug-likeness (QED) is 0.439. The molecule has 0 bridgehead atoms. The standard InChI is InChI=1S/C28H30N2O5S/c1-16-7-12-22(33-3)21(13-16)29-27(31)25-19-14-23(34-4)24(35-5)15-20(19)28(32)30(2)26(25)17-8-10-18(36-6)11-9-17/h7-15,25-26H,1-6H3,(H,29,31). The van der Waals surface area contributed by atoms with Crippen molar-refractivity contribution < 1.29 is 23.8 Å². The molecule has 2 amide bonds. The predicted molar refractivity (Wildman–Crippen MR) is 142 cm³/mol. The van der Waals surface area contributed by atoms with Crippen LogP contribution in [0.25, 0.3) is 0 Å². The maximum atomic E-state index is 14.0. The van der Waals surface area contributed by atoms with Crippen molar-refractivity contribution in [2.75, 3.05) is 39.9 Å². The van der Waals surface area contributed by atoms with Gasteiger partial charge in [0, 0.05) is 17.5 Å². The Labute approximate surface area is 215 Å². The number of carbonyl (C=O) groups excluding carboxylic acids is 2. The first-order valence-electron chi connectivity index (χ1n) is 11.5. The molecule has 3 aromatic rings. The highest BCUT2D eigenvalue weighted by Crippen LogP contribution is 2.46. The summed E-state index contributed by atoms with van der Waals surface area (Å²) in [6.45, 7) is 1.95. The zero-order valence-corrected chi connectivity index (χ0v) is 22.1.